The Balaban J connectivity index is 2.67. The van der Waals surface area contributed by atoms with Gasteiger partial charge in [-0.1, -0.05) is 6.92 Å². The van der Waals surface area contributed by atoms with Crippen LogP contribution in [0.2, 0.25) is 0 Å². The van der Waals surface area contributed by atoms with Crippen molar-refractivity contribution in [3.63, 3.8) is 0 Å². The van der Waals surface area contributed by atoms with Crippen molar-refractivity contribution in [1.82, 2.24) is 0 Å². The maximum atomic E-state index is 6.43. The van der Waals surface area contributed by atoms with Crippen molar-refractivity contribution >= 4 is 92.8 Å². The third-order valence-corrected chi connectivity index (χ3v) is 8.08. The molecular formula is C10H10Cl8. The zero-order valence-electron chi connectivity index (χ0n) is 9.17. The van der Waals surface area contributed by atoms with Crippen molar-refractivity contribution in [3.8, 4) is 0 Å². The van der Waals surface area contributed by atoms with Crippen LogP contribution in [0.25, 0.3) is 0 Å². The highest BCUT2D eigenvalue weighted by molar-refractivity contribution is 6.55. The summed E-state index contributed by atoms with van der Waals surface area (Å²) in [6.07, 6.45) is 0.608. The fraction of sp³-hybridized carbons (Fsp3) is 1.00. The Hall–Kier alpha value is 2.32. The van der Waals surface area contributed by atoms with Gasteiger partial charge in [-0.2, -0.15) is 0 Å². The van der Waals surface area contributed by atoms with Crippen LogP contribution in [-0.2, 0) is 0 Å². The highest BCUT2D eigenvalue weighted by Crippen LogP contribution is 2.81. The minimum atomic E-state index is -1.16. The lowest BCUT2D eigenvalue weighted by Crippen LogP contribution is -2.51. The van der Waals surface area contributed by atoms with Crippen molar-refractivity contribution in [2.24, 2.45) is 16.7 Å². The maximum Gasteiger partial charge on any atom is 0.127 e. The number of alkyl halides is 8. The van der Waals surface area contributed by atoms with Gasteiger partial charge in [0.2, 0.25) is 0 Å². The summed E-state index contributed by atoms with van der Waals surface area (Å²) >= 11 is 50.3. The first-order valence-electron chi connectivity index (χ1n) is 5.25. The average molecular weight is 414 g/mol. The Bertz CT molecular complexity index is 365. The third-order valence-electron chi connectivity index (χ3n) is 4.65. The molecule has 2 fully saturated rings. The Morgan fingerprint density at radius 2 is 1.44 bits per heavy atom. The average Bonchev–Trinajstić information content (AvgIpc) is 2.47. The van der Waals surface area contributed by atoms with E-state index in [0.29, 0.717) is 6.42 Å². The second-order valence-corrected chi connectivity index (χ2v) is 10.5. The van der Waals surface area contributed by atoms with E-state index < -0.39 is 29.2 Å². The van der Waals surface area contributed by atoms with Crippen molar-refractivity contribution < 1.29 is 0 Å². The van der Waals surface area contributed by atoms with Gasteiger partial charge in [-0.3, -0.25) is 0 Å². The molecule has 0 unspecified atom stereocenters. The molecule has 0 aliphatic heterocycles. The van der Waals surface area contributed by atoms with Crippen LogP contribution in [0.5, 0.6) is 0 Å². The van der Waals surface area contributed by atoms with Gasteiger partial charge < -0.3 is 0 Å². The van der Waals surface area contributed by atoms with Gasteiger partial charge >= 0.3 is 0 Å². The summed E-state index contributed by atoms with van der Waals surface area (Å²) in [5, 5.41) is 0. The van der Waals surface area contributed by atoms with E-state index in [1.807, 2.05) is 6.92 Å². The van der Waals surface area contributed by atoms with E-state index in [0.717, 1.165) is 0 Å². The largest absolute Gasteiger partial charge is 0.127 e. The zero-order valence-corrected chi connectivity index (χ0v) is 15.2. The molecule has 18 heavy (non-hydrogen) atoms. The molecule has 106 valence electrons. The molecule has 0 nitrogen and oxygen atoms in total. The first kappa shape index (κ1) is 16.7. The topological polar surface area (TPSA) is 0 Å². The Kier molecular flexibility index (Phi) is 4.32. The molecule has 2 saturated carbocycles. The van der Waals surface area contributed by atoms with Crippen LogP contribution < -0.4 is 0 Å². The van der Waals surface area contributed by atoms with E-state index in [4.69, 9.17) is 92.8 Å². The molecule has 0 amide bonds. The Morgan fingerprint density at radius 1 is 0.944 bits per heavy atom. The van der Waals surface area contributed by atoms with E-state index in [2.05, 4.69) is 0 Å². The lowest BCUT2D eigenvalue weighted by atomic mass is 9.70. The molecule has 2 aliphatic carbocycles. The summed E-state index contributed by atoms with van der Waals surface area (Å²) < 4.78 is -2.19. The van der Waals surface area contributed by atoms with Gasteiger partial charge in [0.15, 0.2) is 0 Å². The normalized spacial score (nSPS) is 45.2. The minimum Gasteiger partial charge on any atom is -0.105 e. The monoisotopic (exact) mass is 410 g/mol. The van der Waals surface area contributed by atoms with E-state index in [-0.39, 0.29) is 12.3 Å². The van der Waals surface area contributed by atoms with Gasteiger partial charge in [-0.05, 0) is 12.8 Å². The van der Waals surface area contributed by atoms with Gasteiger partial charge in [-0.25, -0.2) is 0 Å². The number of halogens is 8. The summed E-state index contributed by atoms with van der Waals surface area (Å²) in [5.74, 6) is -0.275. The lowest BCUT2D eigenvalue weighted by Gasteiger charge is -2.47. The molecule has 0 aromatic carbocycles. The highest BCUT2D eigenvalue weighted by Gasteiger charge is 2.82. The van der Waals surface area contributed by atoms with Crippen LogP contribution in [0, 0.1) is 16.7 Å². The Morgan fingerprint density at radius 3 is 1.78 bits per heavy atom. The summed E-state index contributed by atoms with van der Waals surface area (Å²) in [5.41, 5.74) is -1.70. The first-order valence-corrected chi connectivity index (χ1v) is 8.51. The minimum absolute atomic E-state index is 0.255. The molecule has 0 aromatic rings. The van der Waals surface area contributed by atoms with E-state index in [1.54, 1.807) is 0 Å². The molecule has 3 atom stereocenters. The summed E-state index contributed by atoms with van der Waals surface area (Å²) in [6, 6.07) is 0. The zero-order chi connectivity index (χ0) is 14.1. The van der Waals surface area contributed by atoms with Crippen LogP contribution in [-0.4, -0.2) is 18.3 Å². The van der Waals surface area contributed by atoms with Crippen molar-refractivity contribution in [3.05, 3.63) is 0 Å². The van der Waals surface area contributed by atoms with Crippen molar-refractivity contribution in [1.29, 1.82) is 0 Å². The number of rotatable bonds is 2. The SMILES string of the molecule is C[C@]1(C(Cl)Cl)[C@H]2CC(Cl)(Cl)[C@]1(C(Cl)Cl)CC2(Cl)Cl. The molecule has 8 heteroatoms. The molecule has 2 aliphatic rings. The standard InChI is InChI=1S/C10H10Cl8/c1-7(5(11)12)4-2-10(17,18)8(7,6(13)14)3-9(4,15)16/h4-6H,2-3H2,1H3/t4-,7-,8+/m1/s1. The van der Waals surface area contributed by atoms with Gasteiger partial charge in [0.05, 0.1) is 0 Å². The molecule has 0 N–H and O–H groups in total. The molecular weight excluding hydrogens is 404 g/mol. The predicted molar refractivity (Wildman–Crippen MR) is 83.1 cm³/mol. The fourth-order valence-electron chi connectivity index (χ4n) is 3.58. The van der Waals surface area contributed by atoms with Crippen molar-refractivity contribution in [2.45, 2.75) is 38.1 Å². The molecule has 0 heterocycles. The molecule has 0 spiro atoms. The van der Waals surface area contributed by atoms with Gasteiger partial charge in [0.1, 0.15) is 18.3 Å². The van der Waals surface area contributed by atoms with E-state index in [1.165, 1.54) is 0 Å². The predicted octanol–water partition coefficient (Wildman–Crippen LogP) is 6.36. The number of fused-ring (bicyclic) bond motifs is 2. The summed E-state index contributed by atoms with van der Waals surface area (Å²) in [4.78, 5) is -1.65. The molecule has 0 saturated heterocycles. The van der Waals surface area contributed by atoms with Gasteiger partial charge in [0, 0.05) is 16.7 Å². The Labute approximate surface area is 146 Å². The van der Waals surface area contributed by atoms with Crippen LogP contribution in [0.1, 0.15) is 19.8 Å². The first-order chi connectivity index (χ1) is 7.93. The molecule has 2 rings (SSSR count). The maximum absolute atomic E-state index is 6.43. The van der Waals surface area contributed by atoms with Crippen LogP contribution >= 0.6 is 92.8 Å². The highest BCUT2D eigenvalue weighted by atomic mass is 35.5. The van der Waals surface area contributed by atoms with Crippen LogP contribution in [0.15, 0.2) is 0 Å². The summed E-state index contributed by atoms with van der Waals surface area (Å²) in [6.45, 7) is 1.85. The lowest BCUT2D eigenvalue weighted by molar-refractivity contribution is 0.130. The third kappa shape index (κ3) is 1.80. The van der Waals surface area contributed by atoms with E-state index in [9.17, 15) is 0 Å². The van der Waals surface area contributed by atoms with Gasteiger partial charge in [-0.15, -0.1) is 92.8 Å². The van der Waals surface area contributed by atoms with E-state index >= 15 is 0 Å². The number of hydrogen-bond donors (Lipinski definition) is 0. The smallest absolute Gasteiger partial charge is 0.105 e. The molecule has 0 aromatic heterocycles. The fourth-order valence-corrected chi connectivity index (χ4v) is 7.59. The number of hydrogen-bond acceptors (Lipinski definition) is 0. The second kappa shape index (κ2) is 4.66. The van der Waals surface area contributed by atoms with Crippen LogP contribution in [0.3, 0.4) is 0 Å². The quantitative estimate of drug-likeness (QED) is 0.462. The van der Waals surface area contributed by atoms with Crippen LogP contribution in [0.4, 0.5) is 0 Å². The molecule has 2 bridgehead atoms. The van der Waals surface area contributed by atoms with Crippen molar-refractivity contribution in [2.75, 3.05) is 0 Å². The van der Waals surface area contributed by atoms with Gasteiger partial charge in [0.25, 0.3) is 0 Å². The summed E-state index contributed by atoms with van der Waals surface area (Å²) in [7, 11) is 0. The second-order valence-electron chi connectivity index (χ2n) is 5.25. The molecule has 0 radical (unpaired) electrons.